The molecule has 0 unspecified atom stereocenters. The van der Waals surface area contributed by atoms with Crippen LogP contribution in [0.4, 0.5) is 18.9 Å². The van der Waals surface area contributed by atoms with Gasteiger partial charge in [-0.15, -0.1) is 0 Å². The number of halogens is 3. The second-order valence-corrected chi connectivity index (χ2v) is 4.51. The van der Waals surface area contributed by atoms with Gasteiger partial charge in [0.1, 0.15) is 5.82 Å². The van der Waals surface area contributed by atoms with Gasteiger partial charge in [0.25, 0.3) is 5.92 Å². The molecule has 1 aromatic carbocycles. The molecule has 0 aromatic heterocycles. The first-order valence-electron chi connectivity index (χ1n) is 5.52. The van der Waals surface area contributed by atoms with Crippen LogP contribution in [0.3, 0.4) is 0 Å². The van der Waals surface area contributed by atoms with Gasteiger partial charge in [0.2, 0.25) is 5.91 Å². The van der Waals surface area contributed by atoms with Crippen molar-refractivity contribution >= 4 is 11.6 Å². The molecule has 1 aliphatic rings. The van der Waals surface area contributed by atoms with Crippen LogP contribution in [0.5, 0.6) is 0 Å². The fourth-order valence-corrected chi connectivity index (χ4v) is 1.79. The summed E-state index contributed by atoms with van der Waals surface area (Å²) >= 11 is 0. The topological polar surface area (TPSA) is 32.3 Å². The van der Waals surface area contributed by atoms with Crippen molar-refractivity contribution in [2.75, 3.05) is 25.0 Å². The van der Waals surface area contributed by atoms with Crippen molar-refractivity contribution < 1.29 is 18.0 Å². The Morgan fingerprint density at radius 3 is 2.67 bits per heavy atom. The van der Waals surface area contributed by atoms with Crippen molar-refractivity contribution in [2.24, 2.45) is 0 Å². The fraction of sp³-hybridized carbons (Fsp3) is 0.417. The summed E-state index contributed by atoms with van der Waals surface area (Å²) in [6.07, 6.45) is 0. The van der Waals surface area contributed by atoms with Crippen LogP contribution in [0, 0.1) is 12.7 Å². The first kappa shape index (κ1) is 12.9. The minimum atomic E-state index is -2.68. The molecule has 1 aliphatic heterocycles. The molecule has 1 N–H and O–H groups in total. The van der Waals surface area contributed by atoms with Crippen molar-refractivity contribution in [1.29, 1.82) is 0 Å². The number of alkyl halides is 2. The molecule has 2 rings (SSSR count). The Morgan fingerprint density at radius 1 is 1.44 bits per heavy atom. The van der Waals surface area contributed by atoms with Gasteiger partial charge < -0.3 is 5.32 Å². The third kappa shape index (κ3) is 3.01. The van der Waals surface area contributed by atoms with E-state index in [1.807, 2.05) is 0 Å². The third-order valence-electron chi connectivity index (χ3n) is 2.73. The van der Waals surface area contributed by atoms with Gasteiger partial charge in [-0.25, -0.2) is 13.2 Å². The van der Waals surface area contributed by atoms with Gasteiger partial charge in [0.05, 0.1) is 19.6 Å². The van der Waals surface area contributed by atoms with Crippen LogP contribution in [0.1, 0.15) is 5.56 Å². The summed E-state index contributed by atoms with van der Waals surface area (Å²) in [4.78, 5) is 12.8. The minimum absolute atomic E-state index is 0.106. The molecule has 1 heterocycles. The van der Waals surface area contributed by atoms with Crippen molar-refractivity contribution in [2.45, 2.75) is 12.8 Å². The van der Waals surface area contributed by atoms with Crippen LogP contribution in [-0.4, -0.2) is 36.4 Å². The van der Waals surface area contributed by atoms with Crippen LogP contribution in [0.2, 0.25) is 0 Å². The van der Waals surface area contributed by atoms with Gasteiger partial charge in [-0.05, 0) is 24.6 Å². The summed E-state index contributed by atoms with van der Waals surface area (Å²) in [6, 6.07) is 4.32. The minimum Gasteiger partial charge on any atom is -0.325 e. The number of carbonyl (C=O) groups is 1. The molecule has 3 nitrogen and oxygen atoms in total. The smallest absolute Gasteiger partial charge is 0.272 e. The number of carbonyl (C=O) groups excluding carboxylic acids is 1. The number of hydrogen-bond acceptors (Lipinski definition) is 2. The predicted octanol–water partition coefficient (Wildman–Crippen LogP) is 2.02. The van der Waals surface area contributed by atoms with Crippen LogP contribution < -0.4 is 5.32 Å². The number of likely N-dealkylation sites (tertiary alicyclic amines) is 1. The molecule has 0 saturated carbocycles. The van der Waals surface area contributed by atoms with Gasteiger partial charge in [0, 0.05) is 5.69 Å². The average molecular weight is 258 g/mol. The van der Waals surface area contributed by atoms with Gasteiger partial charge in [-0.2, -0.15) is 0 Å². The van der Waals surface area contributed by atoms with Crippen LogP contribution in [0.25, 0.3) is 0 Å². The molecule has 1 fully saturated rings. The van der Waals surface area contributed by atoms with Crippen LogP contribution in [0.15, 0.2) is 18.2 Å². The molecule has 0 radical (unpaired) electrons. The summed E-state index contributed by atoms with van der Waals surface area (Å²) in [5, 5.41) is 2.47. The number of anilines is 1. The molecule has 0 atom stereocenters. The number of rotatable bonds is 3. The first-order valence-corrected chi connectivity index (χ1v) is 5.52. The molecule has 1 aromatic rings. The summed E-state index contributed by atoms with van der Waals surface area (Å²) < 4.78 is 38.3. The summed E-state index contributed by atoms with van der Waals surface area (Å²) in [6.45, 7) is 0.708. The van der Waals surface area contributed by atoms with Gasteiger partial charge in [-0.3, -0.25) is 9.69 Å². The zero-order valence-electron chi connectivity index (χ0n) is 9.84. The van der Waals surface area contributed by atoms with E-state index in [2.05, 4.69) is 5.32 Å². The zero-order chi connectivity index (χ0) is 13.3. The number of nitrogens with zero attached hydrogens (tertiary/aromatic N) is 1. The molecular weight excluding hydrogens is 245 g/mol. The zero-order valence-corrected chi connectivity index (χ0v) is 9.84. The van der Waals surface area contributed by atoms with Crippen molar-refractivity contribution in [3.8, 4) is 0 Å². The van der Waals surface area contributed by atoms with Crippen molar-refractivity contribution in [3.05, 3.63) is 29.6 Å². The Morgan fingerprint density at radius 2 is 2.11 bits per heavy atom. The number of aryl methyl sites for hydroxylation is 1. The molecule has 0 aliphatic carbocycles. The molecule has 18 heavy (non-hydrogen) atoms. The highest BCUT2D eigenvalue weighted by Gasteiger charge is 2.44. The number of benzene rings is 1. The molecule has 1 amide bonds. The maximum Gasteiger partial charge on any atom is 0.272 e. The van der Waals surface area contributed by atoms with Crippen LogP contribution >= 0.6 is 0 Å². The lowest BCUT2D eigenvalue weighted by Crippen LogP contribution is -2.57. The highest BCUT2D eigenvalue weighted by Crippen LogP contribution is 2.26. The highest BCUT2D eigenvalue weighted by molar-refractivity contribution is 5.92. The Hall–Kier alpha value is -1.56. The lowest BCUT2D eigenvalue weighted by Gasteiger charge is -2.37. The van der Waals surface area contributed by atoms with E-state index in [4.69, 9.17) is 0 Å². The third-order valence-corrected chi connectivity index (χ3v) is 2.73. The lowest BCUT2D eigenvalue weighted by atomic mass is 10.1. The second-order valence-electron chi connectivity index (χ2n) is 4.51. The molecule has 0 spiro atoms. The largest absolute Gasteiger partial charge is 0.325 e. The Balaban J connectivity index is 1.86. The van der Waals surface area contributed by atoms with E-state index in [1.165, 1.54) is 11.0 Å². The highest BCUT2D eigenvalue weighted by atomic mass is 19.3. The van der Waals surface area contributed by atoms with E-state index in [9.17, 15) is 18.0 Å². The van der Waals surface area contributed by atoms with Gasteiger partial charge in [-0.1, -0.05) is 6.07 Å². The molecule has 0 bridgehead atoms. The first-order chi connectivity index (χ1) is 8.35. The fourth-order valence-electron chi connectivity index (χ4n) is 1.79. The van der Waals surface area contributed by atoms with E-state index in [0.29, 0.717) is 11.3 Å². The van der Waals surface area contributed by atoms with Crippen molar-refractivity contribution in [3.63, 3.8) is 0 Å². The van der Waals surface area contributed by atoms with Gasteiger partial charge in [0.15, 0.2) is 0 Å². The standard InChI is InChI=1S/C12H13F3N2O/c1-8-2-3-9(4-10(8)13)16-11(18)5-17-6-12(14,15)7-17/h2-4H,5-7H2,1H3,(H,16,18). The SMILES string of the molecule is Cc1ccc(NC(=O)CN2CC(F)(F)C2)cc1F. The quantitative estimate of drug-likeness (QED) is 0.899. The monoisotopic (exact) mass is 258 g/mol. The van der Waals surface area contributed by atoms with Gasteiger partial charge >= 0.3 is 0 Å². The molecule has 6 heteroatoms. The summed E-state index contributed by atoms with van der Waals surface area (Å²) in [5.41, 5.74) is 0.811. The maximum absolute atomic E-state index is 13.2. The second kappa shape index (κ2) is 4.61. The normalized spacial score (nSPS) is 18.2. The van der Waals surface area contributed by atoms with Crippen molar-refractivity contribution in [1.82, 2.24) is 4.90 Å². The number of nitrogens with one attached hydrogen (secondary N) is 1. The Labute approximate surface area is 103 Å². The van der Waals surface area contributed by atoms with E-state index in [1.54, 1.807) is 19.1 Å². The molecule has 1 saturated heterocycles. The predicted molar refractivity (Wildman–Crippen MR) is 61.2 cm³/mol. The summed E-state index contributed by atoms with van der Waals surface area (Å²) in [5.74, 6) is -3.52. The van der Waals surface area contributed by atoms with E-state index in [-0.39, 0.29) is 6.54 Å². The lowest BCUT2D eigenvalue weighted by molar-refractivity contribution is -0.141. The number of amides is 1. The van der Waals surface area contributed by atoms with E-state index < -0.39 is 30.7 Å². The molecule has 98 valence electrons. The van der Waals surface area contributed by atoms with E-state index in [0.717, 1.165) is 0 Å². The summed E-state index contributed by atoms with van der Waals surface area (Å²) in [7, 11) is 0. The Bertz CT molecular complexity index is 468. The van der Waals surface area contributed by atoms with Crippen LogP contribution in [-0.2, 0) is 4.79 Å². The Kier molecular flexibility index (Phi) is 3.30. The average Bonchev–Trinajstić information content (AvgIpc) is 2.21. The number of hydrogen-bond donors (Lipinski definition) is 1. The molecular formula is C12H13F3N2O. The van der Waals surface area contributed by atoms with E-state index >= 15 is 0 Å². The maximum atomic E-state index is 13.2.